The van der Waals surface area contributed by atoms with Crippen LogP contribution in [0.3, 0.4) is 0 Å². The molecule has 2 aliphatic heterocycles. The maximum Gasteiger partial charge on any atom is 0.227 e. The molecule has 4 unspecified atom stereocenters. The number of alkyl halides is 1. The molecule has 2 aromatic rings. The van der Waals surface area contributed by atoms with Gasteiger partial charge < -0.3 is 15.3 Å². The van der Waals surface area contributed by atoms with Gasteiger partial charge >= 0.3 is 0 Å². The number of aliphatic hydroxyl groups excluding tert-OH is 1. The van der Waals surface area contributed by atoms with Crippen molar-refractivity contribution in [3.63, 3.8) is 0 Å². The van der Waals surface area contributed by atoms with E-state index in [9.17, 15) is 9.32 Å². The van der Waals surface area contributed by atoms with Crippen molar-refractivity contribution in [2.45, 2.75) is 65.8 Å². The molecule has 2 aromatic heterocycles. The van der Waals surface area contributed by atoms with Crippen LogP contribution in [0.15, 0.2) is 17.3 Å². The first kappa shape index (κ1) is 20.7. The highest BCUT2D eigenvalue weighted by molar-refractivity contribution is 7.86. The lowest BCUT2D eigenvalue weighted by Gasteiger charge is -2.42. The van der Waals surface area contributed by atoms with Crippen LogP contribution in [-0.4, -0.2) is 65.9 Å². The summed E-state index contributed by atoms with van der Waals surface area (Å²) in [6.45, 7) is 0.703. The van der Waals surface area contributed by atoms with E-state index < -0.39 is 28.4 Å². The molecule has 170 valence electrons. The zero-order chi connectivity index (χ0) is 22.0. The molecule has 6 rings (SSSR count). The average molecular weight is 479 g/mol. The molecular weight excluding hydrogens is 455 g/mol. The second-order valence-corrected chi connectivity index (χ2v) is 11.3. The summed E-state index contributed by atoms with van der Waals surface area (Å²) in [5, 5.41) is 13.9. The largest absolute Gasteiger partial charge is 0.394 e. The van der Waals surface area contributed by atoms with Crippen molar-refractivity contribution in [1.29, 1.82) is 0 Å². The Morgan fingerprint density at radius 2 is 2.06 bits per heavy atom. The van der Waals surface area contributed by atoms with Gasteiger partial charge in [0.1, 0.15) is 22.7 Å². The van der Waals surface area contributed by atoms with Crippen LogP contribution >= 0.6 is 11.6 Å². The normalized spacial score (nSPS) is 32.1. The Morgan fingerprint density at radius 3 is 2.72 bits per heavy atom. The SMILES string of the molecule is O=[S@@]1c2c(NC3(CO)CCC3)nc(N3CCC(c4ncc(Cl)cn4)C(F)C3)nc2C2CC21. The fourth-order valence-electron chi connectivity index (χ4n) is 5.05. The molecule has 1 saturated heterocycles. The van der Waals surface area contributed by atoms with Crippen LogP contribution in [0, 0.1) is 0 Å². The van der Waals surface area contributed by atoms with E-state index in [-0.39, 0.29) is 24.3 Å². The number of aromatic nitrogens is 4. The number of anilines is 2. The lowest BCUT2D eigenvalue weighted by molar-refractivity contribution is 0.143. The monoisotopic (exact) mass is 478 g/mol. The van der Waals surface area contributed by atoms with Crippen molar-refractivity contribution in [3.05, 3.63) is 28.9 Å². The van der Waals surface area contributed by atoms with Gasteiger partial charge in [0.05, 0.1) is 46.1 Å². The Labute approximate surface area is 192 Å². The molecule has 4 aliphatic rings. The third-order valence-electron chi connectivity index (χ3n) is 7.23. The maximum atomic E-state index is 15.2. The van der Waals surface area contributed by atoms with Crippen molar-refractivity contribution < 1.29 is 13.7 Å². The molecular formula is C21H24ClFN6O2S. The summed E-state index contributed by atoms with van der Waals surface area (Å²) in [7, 11) is -1.14. The first-order chi connectivity index (χ1) is 15.5. The van der Waals surface area contributed by atoms with Crippen LogP contribution in [0.4, 0.5) is 16.2 Å². The highest BCUT2D eigenvalue weighted by atomic mass is 35.5. The van der Waals surface area contributed by atoms with E-state index in [1.165, 1.54) is 12.4 Å². The number of halogens is 2. The summed E-state index contributed by atoms with van der Waals surface area (Å²) < 4.78 is 28.1. The number of fused-ring (bicyclic) bond motifs is 3. The molecule has 2 saturated carbocycles. The van der Waals surface area contributed by atoms with Crippen molar-refractivity contribution in [2.75, 3.05) is 29.9 Å². The van der Waals surface area contributed by atoms with Crippen molar-refractivity contribution in [2.24, 2.45) is 0 Å². The van der Waals surface area contributed by atoms with Gasteiger partial charge in [-0.05, 0) is 32.1 Å². The Morgan fingerprint density at radius 1 is 1.28 bits per heavy atom. The highest BCUT2D eigenvalue weighted by Gasteiger charge is 2.55. The molecule has 0 bridgehead atoms. The molecule has 0 aromatic carbocycles. The zero-order valence-corrected chi connectivity index (χ0v) is 18.9. The fourth-order valence-corrected chi connectivity index (χ4v) is 6.95. The smallest absolute Gasteiger partial charge is 0.227 e. The molecule has 0 spiro atoms. The maximum absolute atomic E-state index is 15.2. The van der Waals surface area contributed by atoms with Gasteiger partial charge in [-0.3, -0.25) is 4.21 Å². The third-order valence-corrected chi connectivity index (χ3v) is 9.30. The predicted molar refractivity (Wildman–Crippen MR) is 118 cm³/mol. The van der Waals surface area contributed by atoms with Crippen molar-refractivity contribution in [3.8, 4) is 0 Å². The lowest BCUT2D eigenvalue weighted by atomic mass is 9.77. The van der Waals surface area contributed by atoms with E-state index in [0.717, 1.165) is 31.4 Å². The Hall–Kier alpha value is -1.91. The number of piperidine rings is 1. The van der Waals surface area contributed by atoms with Gasteiger partial charge in [0.2, 0.25) is 5.95 Å². The first-order valence-electron chi connectivity index (χ1n) is 11.1. The standard InChI is InChI=1S/C21H24ClFN6O2S/c22-11-7-24-18(25-8-11)12-2-5-29(9-14(12)23)20-26-16-13-6-15(13)32(31)17(16)19(27-20)28-21(10-30)3-1-4-21/h7-8,12-15,30H,1-6,9-10H2,(H,26,27,28)/t12?,13?,14?,15?,32-/m0/s1. The lowest BCUT2D eigenvalue weighted by Crippen LogP contribution is -2.49. The Kier molecular flexibility index (Phi) is 4.89. The zero-order valence-electron chi connectivity index (χ0n) is 17.4. The number of nitrogens with zero attached hydrogens (tertiary/aromatic N) is 5. The van der Waals surface area contributed by atoms with Crippen molar-refractivity contribution in [1.82, 2.24) is 19.9 Å². The van der Waals surface area contributed by atoms with Gasteiger partial charge in [0.25, 0.3) is 0 Å². The third kappa shape index (κ3) is 3.30. The molecule has 0 radical (unpaired) electrons. The Bertz CT molecular complexity index is 1080. The summed E-state index contributed by atoms with van der Waals surface area (Å²) in [5.41, 5.74) is 0.407. The van der Waals surface area contributed by atoms with Crippen LogP contribution in [0.25, 0.3) is 0 Å². The minimum atomic E-state index is -1.17. The van der Waals surface area contributed by atoms with Crippen LogP contribution in [0.5, 0.6) is 0 Å². The van der Waals surface area contributed by atoms with E-state index >= 15 is 4.39 Å². The van der Waals surface area contributed by atoms with E-state index in [0.29, 0.717) is 40.5 Å². The van der Waals surface area contributed by atoms with E-state index in [4.69, 9.17) is 21.6 Å². The van der Waals surface area contributed by atoms with Gasteiger partial charge in [-0.25, -0.2) is 19.3 Å². The first-order valence-corrected chi connectivity index (χ1v) is 12.6. The molecule has 0 amide bonds. The molecule has 2 N–H and O–H groups in total. The quantitative estimate of drug-likeness (QED) is 0.675. The number of nitrogens with one attached hydrogen (secondary N) is 1. The van der Waals surface area contributed by atoms with Gasteiger partial charge in [-0.2, -0.15) is 4.98 Å². The second kappa shape index (κ2) is 7.56. The molecule has 4 heterocycles. The average Bonchev–Trinajstić information content (AvgIpc) is 3.52. The molecule has 5 atom stereocenters. The molecule has 3 fully saturated rings. The summed E-state index contributed by atoms with van der Waals surface area (Å²) in [4.78, 5) is 20.4. The number of hydrogen-bond acceptors (Lipinski definition) is 8. The van der Waals surface area contributed by atoms with Crippen LogP contribution in [0.1, 0.15) is 55.5 Å². The minimum absolute atomic E-state index is 0.000355. The van der Waals surface area contributed by atoms with E-state index in [1.54, 1.807) is 0 Å². The van der Waals surface area contributed by atoms with Crippen LogP contribution in [0.2, 0.25) is 5.02 Å². The molecule has 8 nitrogen and oxygen atoms in total. The van der Waals surface area contributed by atoms with Crippen molar-refractivity contribution >= 4 is 34.2 Å². The Balaban J connectivity index is 1.29. The summed E-state index contributed by atoms with van der Waals surface area (Å²) in [6, 6.07) is 0. The van der Waals surface area contributed by atoms with Gasteiger partial charge in [-0.15, -0.1) is 0 Å². The topological polar surface area (TPSA) is 104 Å². The summed E-state index contributed by atoms with van der Waals surface area (Å²) >= 11 is 5.86. The predicted octanol–water partition coefficient (Wildman–Crippen LogP) is 2.56. The number of aliphatic hydroxyl groups is 1. The summed E-state index contributed by atoms with van der Waals surface area (Å²) in [5.74, 6) is 1.26. The number of rotatable bonds is 5. The fraction of sp³-hybridized carbons (Fsp3) is 0.619. The summed E-state index contributed by atoms with van der Waals surface area (Å²) in [6.07, 6.45) is 5.95. The van der Waals surface area contributed by atoms with Gasteiger partial charge in [-0.1, -0.05) is 11.6 Å². The molecule has 11 heteroatoms. The van der Waals surface area contributed by atoms with E-state index in [2.05, 4.69) is 15.3 Å². The van der Waals surface area contributed by atoms with E-state index in [1.807, 2.05) is 4.90 Å². The van der Waals surface area contributed by atoms with Crippen LogP contribution in [-0.2, 0) is 10.8 Å². The van der Waals surface area contributed by atoms with Gasteiger partial charge in [0.15, 0.2) is 0 Å². The highest BCUT2D eigenvalue weighted by Crippen LogP contribution is 2.56. The van der Waals surface area contributed by atoms with Crippen LogP contribution < -0.4 is 10.2 Å². The second-order valence-electron chi connectivity index (χ2n) is 9.30. The molecule has 32 heavy (non-hydrogen) atoms. The van der Waals surface area contributed by atoms with Gasteiger partial charge in [0, 0.05) is 30.1 Å². The molecule has 2 aliphatic carbocycles. The minimum Gasteiger partial charge on any atom is -0.394 e. The number of hydrogen-bond donors (Lipinski definition) is 2.